The third kappa shape index (κ3) is 4.32. The fourth-order valence-corrected chi connectivity index (χ4v) is 2.49. The maximum absolute atomic E-state index is 12.1. The molecular formula is C18H21ClN2O3. The van der Waals surface area contributed by atoms with Gasteiger partial charge in [-0.1, -0.05) is 29.8 Å². The van der Waals surface area contributed by atoms with E-state index in [0.29, 0.717) is 29.3 Å². The largest absolute Gasteiger partial charge is 0.454 e. The molecule has 2 aromatic carbocycles. The molecule has 0 fully saturated rings. The van der Waals surface area contributed by atoms with E-state index in [2.05, 4.69) is 36.5 Å². The van der Waals surface area contributed by atoms with E-state index >= 15 is 0 Å². The van der Waals surface area contributed by atoms with Crippen LogP contribution in [0.2, 0.25) is 0 Å². The molecule has 0 saturated heterocycles. The highest BCUT2D eigenvalue weighted by Gasteiger charge is 2.17. The van der Waals surface area contributed by atoms with Crippen LogP contribution in [0.1, 0.15) is 24.0 Å². The van der Waals surface area contributed by atoms with Crippen LogP contribution in [-0.4, -0.2) is 12.7 Å². The van der Waals surface area contributed by atoms with Crippen LogP contribution < -0.4 is 20.5 Å². The Morgan fingerprint density at radius 1 is 1.17 bits per heavy atom. The molecule has 1 heterocycles. The van der Waals surface area contributed by atoms with Gasteiger partial charge in [0.1, 0.15) is 0 Å². The lowest BCUT2D eigenvalue weighted by atomic mass is 10.1. The van der Waals surface area contributed by atoms with Crippen LogP contribution in [-0.2, 0) is 11.2 Å². The topological polar surface area (TPSA) is 73.6 Å². The maximum atomic E-state index is 12.1. The number of hydrogen-bond acceptors (Lipinski definition) is 4. The summed E-state index contributed by atoms with van der Waals surface area (Å²) in [5.74, 6) is 1.16. The standard InChI is InChI=1S/C18H20N2O3.ClH/c1-12-5-7-13(8-6-12)3-2-4-18(21)20-15-10-17-16(9-14(15)19)22-11-23-17;/h5-10H,2-4,11,19H2,1H3,(H,20,21);1H. The molecule has 0 unspecified atom stereocenters. The summed E-state index contributed by atoms with van der Waals surface area (Å²) in [6.07, 6.45) is 2.12. The third-order valence-electron chi connectivity index (χ3n) is 3.81. The number of benzene rings is 2. The minimum atomic E-state index is -0.0531. The second-order valence-corrected chi connectivity index (χ2v) is 5.68. The fourth-order valence-electron chi connectivity index (χ4n) is 2.49. The van der Waals surface area contributed by atoms with Gasteiger partial charge in [0.05, 0.1) is 11.4 Å². The second-order valence-electron chi connectivity index (χ2n) is 5.68. The van der Waals surface area contributed by atoms with Crippen molar-refractivity contribution in [3.63, 3.8) is 0 Å². The van der Waals surface area contributed by atoms with Crippen molar-refractivity contribution in [2.24, 2.45) is 0 Å². The SMILES string of the molecule is Cc1ccc(CCCC(=O)Nc2cc3c(cc2N)OCO3)cc1.Cl. The van der Waals surface area contributed by atoms with Crippen molar-refractivity contribution in [3.8, 4) is 11.5 Å². The smallest absolute Gasteiger partial charge is 0.231 e. The summed E-state index contributed by atoms with van der Waals surface area (Å²) in [7, 11) is 0. The van der Waals surface area contributed by atoms with Gasteiger partial charge < -0.3 is 20.5 Å². The molecule has 0 aromatic heterocycles. The Bertz CT molecular complexity index is 717. The van der Waals surface area contributed by atoms with Crippen molar-refractivity contribution >= 4 is 29.7 Å². The Balaban J connectivity index is 0.00000208. The Kier molecular flexibility index (Phi) is 5.93. The number of nitrogen functional groups attached to an aromatic ring is 1. The number of hydrogen-bond donors (Lipinski definition) is 2. The number of rotatable bonds is 5. The summed E-state index contributed by atoms with van der Waals surface area (Å²) in [5.41, 5.74) is 9.45. The second kappa shape index (κ2) is 7.93. The lowest BCUT2D eigenvalue weighted by Crippen LogP contribution is -2.12. The number of ether oxygens (including phenoxy) is 2. The number of halogens is 1. The Hall–Kier alpha value is -2.40. The average molecular weight is 349 g/mol. The molecule has 128 valence electrons. The number of carbonyl (C=O) groups excluding carboxylic acids is 1. The molecule has 24 heavy (non-hydrogen) atoms. The van der Waals surface area contributed by atoms with Crippen molar-refractivity contribution in [2.75, 3.05) is 17.8 Å². The Morgan fingerprint density at radius 3 is 2.54 bits per heavy atom. The first-order valence-electron chi connectivity index (χ1n) is 7.66. The van der Waals surface area contributed by atoms with E-state index in [-0.39, 0.29) is 25.1 Å². The number of nitrogens with two attached hydrogens (primary N) is 1. The van der Waals surface area contributed by atoms with E-state index in [0.717, 1.165) is 12.8 Å². The molecule has 1 aliphatic rings. The van der Waals surface area contributed by atoms with E-state index in [1.807, 2.05) is 0 Å². The number of nitrogens with one attached hydrogen (secondary N) is 1. The van der Waals surface area contributed by atoms with Crippen LogP contribution in [0.5, 0.6) is 11.5 Å². The van der Waals surface area contributed by atoms with Gasteiger partial charge in [0, 0.05) is 18.6 Å². The summed E-state index contributed by atoms with van der Waals surface area (Å²) in [4.78, 5) is 12.1. The first-order valence-corrected chi connectivity index (χ1v) is 7.66. The van der Waals surface area contributed by atoms with Crippen molar-refractivity contribution in [1.29, 1.82) is 0 Å². The summed E-state index contributed by atoms with van der Waals surface area (Å²) in [6, 6.07) is 11.7. The van der Waals surface area contributed by atoms with Crippen molar-refractivity contribution in [3.05, 3.63) is 47.5 Å². The normalized spacial score (nSPS) is 11.7. The predicted molar refractivity (Wildman–Crippen MR) is 97.0 cm³/mol. The van der Waals surface area contributed by atoms with Gasteiger partial charge in [-0.2, -0.15) is 0 Å². The monoisotopic (exact) mass is 348 g/mol. The van der Waals surface area contributed by atoms with Crippen molar-refractivity contribution < 1.29 is 14.3 Å². The summed E-state index contributed by atoms with van der Waals surface area (Å²) in [5, 5.41) is 2.84. The minimum absolute atomic E-state index is 0. The van der Waals surface area contributed by atoms with Gasteiger partial charge in [-0.3, -0.25) is 4.79 Å². The van der Waals surface area contributed by atoms with Crippen LogP contribution in [0.25, 0.3) is 0 Å². The molecule has 0 aliphatic carbocycles. The van der Waals surface area contributed by atoms with Gasteiger partial charge in [0.15, 0.2) is 11.5 Å². The molecule has 3 rings (SSSR count). The highest BCUT2D eigenvalue weighted by molar-refractivity contribution is 5.94. The third-order valence-corrected chi connectivity index (χ3v) is 3.81. The molecule has 1 aliphatic heterocycles. The molecule has 3 N–H and O–H groups in total. The molecular weight excluding hydrogens is 328 g/mol. The molecule has 2 aromatic rings. The number of aryl methyl sites for hydroxylation is 2. The van der Waals surface area contributed by atoms with Crippen LogP contribution in [0.3, 0.4) is 0 Å². The summed E-state index contributed by atoms with van der Waals surface area (Å²) >= 11 is 0. The summed E-state index contributed by atoms with van der Waals surface area (Å²) in [6.45, 7) is 2.25. The quantitative estimate of drug-likeness (QED) is 0.808. The zero-order valence-corrected chi connectivity index (χ0v) is 14.3. The highest BCUT2D eigenvalue weighted by atomic mass is 35.5. The van der Waals surface area contributed by atoms with E-state index in [4.69, 9.17) is 15.2 Å². The lowest BCUT2D eigenvalue weighted by molar-refractivity contribution is -0.116. The van der Waals surface area contributed by atoms with Gasteiger partial charge in [0.2, 0.25) is 12.7 Å². The minimum Gasteiger partial charge on any atom is -0.454 e. The highest BCUT2D eigenvalue weighted by Crippen LogP contribution is 2.38. The fraction of sp³-hybridized carbons (Fsp3) is 0.278. The zero-order chi connectivity index (χ0) is 16.2. The Morgan fingerprint density at radius 2 is 1.83 bits per heavy atom. The van der Waals surface area contributed by atoms with Crippen LogP contribution in [0.4, 0.5) is 11.4 Å². The van der Waals surface area contributed by atoms with E-state index in [9.17, 15) is 4.79 Å². The molecule has 6 heteroatoms. The molecule has 0 bridgehead atoms. The molecule has 0 radical (unpaired) electrons. The maximum Gasteiger partial charge on any atom is 0.231 e. The Labute approximate surface area is 147 Å². The van der Waals surface area contributed by atoms with Gasteiger partial charge in [-0.25, -0.2) is 0 Å². The number of carbonyl (C=O) groups is 1. The van der Waals surface area contributed by atoms with E-state index in [1.165, 1.54) is 11.1 Å². The van der Waals surface area contributed by atoms with Gasteiger partial charge >= 0.3 is 0 Å². The van der Waals surface area contributed by atoms with Gasteiger partial charge in [0.25, 0.3) is 0 Å². The number of fused-ring (bicyclic) bond motifs is 1. The first-order chi connectivity index (χ1) is 11.1. The molecule has 0 spiro atoms. The summed E-state index contributed by atoms with van der Waals surface area (Å²) < 4.78 is 10.5. The van der Waals surface area contributed by atoms with Crippen molar-refractivity contribution in [1.82, 2.24) is 0 Å². The van der Waals surface area contributed by atoms with E-state index < -0.39 is 0 Å². The van der Waals surface area contributed by atoms with Crippen LogP contribution in [0, 0.1) is 6.92 Å². The molecule has 5 nitrogen and oxygen atoms in total. The number of amides is 1. The first kappa shape index (κ1) is 17.9. The van der Waals surface area contributed by atoms with Crippen molar-refractivity contribution in [2.45, 2.75) is 26.2 Å². The molecule has 1 amide bonds. The molecule has 0 saturated carbocycles. The predicted octanol–water partition coefficient (Wildman–Crippen LogP) is 3.69. The van der Waals surface area contributed by atoms with E-state index in [1.54, 1.807) is 12.1 Å². The van der Waals surface area contributed by atoms with Gasteiger partial charge in [-0.05, 0) is 25.3 Å². The van der Waals surface area contributed by atoms with Gasteiger partial charge in [-0.15, -0.1) is 12.4 Å². The van der Waals surface area contributed by atoms with Crippen LogP contribution >= 0.6 is 12.4 Å². The molecule has 0 atom stereocenters. The lowest BCUT2D eigenvalue weighted by Gasteiger charge is -2.09. The zero-order valence-electron chi connectivity index (χ0n) is 13.5. The van der Waals surface area contributed by atoms with Crippen LogP contribution in [0.15, 0.2) is 36.4 Å². The average Bonchev–Trinajstić information content (AvgIpc) is 2.97. The number of anilines is 2.